The smallest absolute Gasteiger partial charge is 0.256 e. The van der Waals surface area contributed by atoms with Crippen molar-refractivity contribution in [3.63, 3.8) is 0 Å². The quantitative estimate of drug-likeness (QED) is 0.603. The summed E-state index contributed by atoms with van der Waals surface area (Å²) in [6.45, 7) is 7.98. The number of sulfonamides is 1. The summed E-state index contributed by atoms with van der Waals surface area (Å²) in [4.78, 5) is 38.5. The molecule has 1 aromatic heterocycles. The van der Waals surface area contributed by atoms with Crippen molar-refractivity contribution in [2.24, 2.45) is 10.4 Å². The summed E-state index contributed by atoms with van der Waals surface area (Å²) >= 11 is 1.57. The van der Waals surface area contributed by atoms with Crippen LogP contribution in [0, 0.1) is 12.3 Å². The molecule has 5 rings (SSSR count). The molecule has 0 bridgehead atoms. The van der Waals surface area contributed by atoms with Crippen molar-refractivity contribution in [2.45, 2.75) is 70.6 Å². The van der Waals surface area contributed by atoms with Crippen molar-refractivity contribution in [2.75, 3.05) is 19.3 Å². The number of carbonyl (C=O) groups excluding carboxylic acids is 2. The SMILES string of the molecule is Cc1ncsc1-c1ccc([C@]2(C)CC(C3C[C@@H](O)CN3C(=O)C3N(S(C)(=O)=O)CCC3(C)C)=NC2=O)cc1. The fraction of sp³-hybridized carbons (Fsp3) is 0.556. The number of aliphatic imine (C=N–C) groups is 1. The van der Waals surface area contributed by atoms with Gasteiger partial charge in [-0.1, -0.05) is 38.1 Å². The van der Waals surface area contributed by atoms with Crippen molar-refractivity contribution < 1.29 is 23.1 Å². The number of aryl methyl sites for hydroxylation is 1. The Morgan fingerprint density at radius 1 is 1.18 bits per heavy atom. The van der Waals surface area contributed by atoms with Crippen molar-refractivity contribution >= 4 is 38.9 Å². The van der Waals surface area contributed by atoms with Crippen LogP contribution in [0.3, 0.4) is 0 Å². The molecule has 4 atom stereocenters. The Morgan fingerprint density at radius 2 is 1.87 bits per heavy atom. The number of rotatable bonds is 5. The predicted molar refractivity (Wildman–Crippen MR) is 147 cm³/mol. The van der Waals surface area contributed by atoms with E-state index < -0.39 is 39.0 Å². The van der Waals surface area contributed by atoms with E-state index in [4.69, 9.17) is 0 Å². The Balaban J connectivity index is 1.40. The van der Waals surface area contributed by atoms with E-state index >= 15 is 0 Å². The van der Waals surface area contributed by atoms with E-state index in [1.165, 1.54) is 4.31 Å². The number of carbonyl (C=O) groups is 2. The van der Waals surface area contributed by atoms with Crippen LogP contribution >= 0.6 is 11.3 Å². The molecule has 3 aliphatic rings. The van der Waals surface area contributed by atoms with Crippen LogP contribution in [-0.2, 0) is 25.0 Å². The minimum atomic E-state index is -3.60. The number of aromatic nitrogens is 1. The first kappa shape index (κ1) is 27.1. The first-order chi connectivity index (χ1) is 17.7. The first-order valence-corrected chi connectivity index (χ1v) is 15.5. The Morgan fingerprint density at radius 3 is 2.47 bits per heavy atom. The average Bonchev–Trinajstić information content (AvgIpc) is 3.59. The second-order valence-corrected chi connectivity index (χ2v) is 14.5. The fourth-order valence-corrected chi connectivity index (χ4v) is 8.11. The van der Waals surface area contributed by atoms with Gasteiger partial charge in [0.25, 0.3) is 5.91 Å². The van der Waals surface area contributed by atoms with Gasteiger partial charge in [0, 0.05) is 31.6 Å². The molecule has 2 unspecified atom stereocenters. The Labute approximate surface area is 227 Å². The molecule has 0 saturated carbocycles. The third-order valence-electron chi connectivity index (χ3n) is 8.39. The van der Waals surface area contributed by atoms with Gasteiger partial charge in [-0.05, 0) is 36.8 Å². The highest BCUT2D eigenvalue weighted by molar-refractivity contribution is 7.88. The maximum atomic E-state index is 13.9. The lowest BCUT2D eigenvalue weighted by atomic mass is 9.78. The summed E-state index contributed by atoms with van der Waals surface area (Å²) in [6.07, 6.45) is 1.51. The first-order valence-electron chi connectivity index (χ1n) is 12.8. The zero-order chi connectivity index (χ0) is 27.6. The van der Waals surface area contributed by atoms with Crippen LogP contribution in [0.25, 0.3) is 10.4 Å². The minimum absolute atomic E-state index is 0.0838. The van der Waals surface area contributed by atoms with Gasteiger partial charge in [-0.3, -0.25) is 9.59 Å². The number of hydrogen-bond donors (Lipinski definition) is 1. The van der Waals surface area contributed by atoms with Crippen molar-refractivity contribution in [3.8, 4) is 10.4 Å². The van der Waals surface area contributed by atoms with Gasteiger partial charge in [-0.25, -0.2) is 18.4 Å². The van der Waals surface area contributed by atoms with Crippen molar-refractivity contribution in [3.05, 3.63) is 41.0 Å². The molecular formula is C27H34N4O5S2. The van der Waals surface area contributed by atoms with E-state index in [0.717, 1.165) is 28.0 Å². The number of likely N-dealkylation sites (tertiary alicyclic amines) is 1. The lowest BCUT2D eigenvalue weighted by molar-refractivity contribution is -0.137. The van der Waals surface area contributed by atoms with Crippen LogP contribution < -0.4 is 0 Å². The maximum Gasteiger partial charge on any atom is 0.256 e. The van der Waals surface area contributed by atoms with Crippen LogP contribution in [0.4, 0.5) is 0 Å². The van der Waals surface area contributed by atoms with Crippen LogP contribution in [-0.4, -0.2) is 82.8 Å². The number of amides is 2. The summed E-state index contributed by atoms with van der Waals surface area (Å²) < 4.78 is 26.3. The third-order valence-corrected chi connectivity index (χ3v) is 10.6. The lowest BCUT2D eigenvalue weighted by Gasteiger charge is -2.36. The Kier molecular flexibility index (Phi) is 6.65. The minimum Gasteiger partial charge on any atom is -0.391 e. The summed E-state index contributed by atoms with van der Waals surface area (Å²) in [5, 5.41) is 10.6. The summed E-state index contributed by atoms with van der Waals surface area (Å²) in [5.41, 5.74) is 3.76. The highest BCUT2D eigenvalue weighted by Gasteiger charge is 2.54. The molecule has 0 radical (unpaired) electrons. The molecule has 0 aliphatic carbocycles. The number of hydrogen-bond acceptors (Lipinski definition) is 7. The number of aliphatic hydroxyl groups excluding tert-OH is 1. The largest absolute Gasteiger partial charge is 0.391 e. The lowest BCUT2D eigenvalue weighted by Crippen LogP contribution is -2.54. The molecule has 11 heteroatoms. The van der Waals surface area contributed by atoms with E-state index in [-0.39, 0.29) is 31.3 Å². The van der Waals surface area contributed by atoms with Gasteiger partial charge in [-0.15, -0.1) is 11.3 Å². The van der Waals surface area contributed by atoms with Crippen molar-refractivity contribution in [1.82, 2.24) is 14.2 Å². The molecule has 1 N–H and O–H groups in total. The normalized spacial score (nSPS) is 29.7. The molecule has 0 spiro atoms. The molecule has 9 nitrogen and oxygen atoms in total. The Hall–Kier alpha value is -2.47. The van der Waals surface area contributed by atoms with E-state index in [1.807, 2.05) is 57.5 Å². The number of β-amino-alcohol motifs (C(OH)–C–C–N with tert-alkyl or cyclic N) is 1. The average molecular weight is 559 g/mol. The second kappa shape index (κ2) is 9.32. The zero-order valence-corrected chi connectivity index (χ0v) is 24.0. The number of aliphatic hydroxyl groups is 1. The molecule has 2 fully saturated rings. The highest BCUT2D eigenvalue weighted by atomic mass is 32.2. The van der Waals surface area contributed by atoms with Crippen LogP contribution in [0.5, 0.6) is 0 Å². The molecular weight excluding hydrogens is 524 g/mol. The number of benzene rings is 1. The molecule has 2 aromatic rings. The van der Waals surface area contributed by atoms with Gasteiger partial charge in [0.05, 0.1) is 39.9 Å². The van der Waals surface area contributed by atoms with Gasteiger partial charge in [0.2, 0.25) is 15.9 Å². The summed E-state index contributed by atoms with van der Waals surface area (Å²) in [5.74, 6) is -0.616. The molecule has 2 amide bonds. The highest BCUT2D eigenvalue weighted by Crippen LogP contribution is 2.42. The van der Waals surface area contributed by atoms with Gasteiger partial charge in [0.15, 0.2) is 0 Å². The van der Waals surface area contributed by atoms with Crippen LogP contribution in [0.15, 0.2) is 34.8 Å². The van der Waals surface area contributed by atoms with E-state index in [1.54, 1.807) is 16.2 Å². The van der Waals surface area contributed by atoms with Gasteiger partial charge >= 0.3 is 0 Å². The van der Waals surface area contributed by atoms with Crippen LogP contribution in [0.2, 0.25) is 0 Å². The standard InChI is InChI=1S/C27H34N4O5S2/c1-16-22(37-15-28-16)17-6-8-18(9-7-17)27(4)13-20(29-25(27)34)21-12-19(32)14-30(21)24(33)23-26(2,3)10-11-31(23)38(5,35)36/h6-9,15,19,21,23,32H,10-14H2,1-5H3/t19-,21?,23?,27+/m1/s1. The topological polar surface area (TPSA) is 120 Å². The molecule has 38 heavy (non-hydrogen) atoms. The van der Waals surface area contributed by atoms with Crippen molar-refractivity contribution in [1.29, 1.82) is 0 Å². The number of thiazole rings is 1. The molecule has 3 aliphatic heterocycles. The summed E-state index contributed by atoms with van der Waals surface area (Å²) in [7, 11) is -3.60. The third kappa shape index (κ3) is 4.53. The van der Waals surface area contributed by atoms with Crippen LogP contribution in [0.1, 0.15) is 51.3 Å². The molecule has 1 aromatic carbocycles. The van der Waals surface area contributed by atoms with E-state index in [2.05, 4.69) is 9.98 Å². The summed E-state index contributed by atoms with van der Waals surface area (Å²) in [6, 6.07) is 6.45. The van der Waals surface area contributed by atoms with Gasteiger partial charge in [-0.2, -0.15) is 4.31 Å². The molecule has 204 valence electrons. The molecule has 2 saturated heterocycles. The number of nitrogens with zero attached hydrogens (tertiary/aromatic N) is 4. The maximum absolute atomic E-state index is 13.9. The fourth-order valence-electron chi connectivity index (χ4n) is 6.12. The van der Waals surface area contributed by atoms with Gasteiger partial charge < -0.3 is 10.0 Å². The predicted octanol–water partition coefficient (Wildman–Crippen LogP) is 2.77. The molecule has 4 heterocycles. The van der Waals surface area contributed by atoms with Gasteiger partial charge in [0.1, 0.15) is 6.04 Å². The van der Waals surface area contributed by atoms with E-state index in [0.29, 0.717) is 18.6 Å². The zero-order valence-electron chi connectivity index (χ0n) is 22.3. The van der Waals surface area contributed by atoms with E-state index in [9.17, 15) is 23.1 Å². The second-order valence-electron chi connectivity index (χ2n) is 11.7. The Bertz CT molecular complexity index is 1420. The monoisotopic (exact) mass is 558 g/mol.